The Labute approximate surface area is 121 Å². The van der Waals surface area contributed by atoms with Gasteiger partial charge in [0.25, 0.3) is 0 Å². The molecule has 0 unspecified atom stereocenters. The first-order valence-corrected chi connectivity index (χ1v) is 8.14. The van der Waals surface area contributed by atoms with Gasteiger partial charge in [-0.05, 0) is 50.0 Å². The zero-order chi connectivity index (χ0) is 14.0. The Morgan fingerprint density at radius 2 is 1.55 bits per heavy atom. The van der Waals surface area contributed by atoms with Crippen LogP contribution in [0.3, 0.4) is 0 Å². The third kappa shape index (κ3) is 2.77. The molecule has 2 saturated carbocycles. The van der Waals surface area contributed by atoms with Gasteiger partial charge in [0.1, 0.15) is 0 Å². The van der Waals surface area contributed by atoms with E-state index in [1.165, 1.54) is 5.56 Å². The summed E-state index contributed by atoms with van der Waals surface area (Å²) in [5, 5.41) is 21.2. The third-order valence-electron chi connectivity index (χ3n) is 5.54. The molecule has 2 N–H and O–H groups in total. The van der Waals surface area contributed by atoms with E-state index < -0.39 is 5.60 Å². The van der Waals surface area contributed by atoms with E-state index in [0.717, 1.165) is 51.4 Å². The lowest BCUT2D eigenvalue weighted by atomic mass is 9.66. The predicted molar refractivity (Wildman–Crippen MR) is 80.6 cm³/mol. The topological polar surface area (TPSA) is 40.5 Å². The third-order valence-corrected chi connectivity index (χ3v) is 5.54. The minimum absolute atomic E-state index is 0.105. The van der Waals surface area contributed by atoms with E-state index in [1.807, 2.05) is 0 Å². The van der Waals surface area contributed by atoms with Crippen molar-refractivity contribution in [1.29, 1.82) is 0 Å². The molecule has 2 aliphatic carbocycles. The van der Waals surface area contributed by atoms with Crippen LogP contribution >= 0.6 is 0 Å². The van der Waals surface area contributed by atoms with Crippen LogP contribution in [-0.2, 0) is 0 Å². The van der Waals surface area contributed by atoms with Gasteiger partial charge >= 0.3 is 0 Å². The molecule has 1 aromatic carbocycles. The van der Waals surface area contributed by atoms with Crippen LogP contribution in [-0.4, -0.2) is 21.9 Å². The van der Waals surface area contributed by atoms with Crippen molar-refractivity contribution in [3.63, 3.8) is 0 Å². The Morgan fingerprint density at radius 3 is 2.20 bits per heavy atom. The molecule has 0 aliphatic heterocycles. The van der Waals surface area contributed by atoms with Crippen molar-refractivity contribution in [1.82, 2.24) is 0 Å². The molecule has 2 fully saturated rings. The van der Waals surface area contributed by atoms with E-state index in [-0.39, 0.29) is 12.0 Å². The van der Waals surface area contributed by atoms with Crippen molar-refractivity contribution in [3.05, 3.63) is 35.9 Å². The lowest BCUT2D eigenvalue weighted by Crippen LogP contribution is -2.47. The van der Waals surface area contributed by atoms with E-state index in [0.29, 0.717) is 5.92 Å². The van der Waals surface area contributed by atoms with Gasteiger partial charge in [-0.2, -0.15) is 0 Å². The van der Waals surface area contributed by atoms with Gasteiger partial charge in [-0.25, -0.2) is 0 Å². The van der Waals surface area contributed by atoms with E-state index in [9.17, 15) is 10.2 Å². The fourth-order valence-corrected chi connectivity index (χ4v) is 4.29. The quantitative estimate of drug-likeness (QED) is 0.864. The second-order valence-electron chi connectivity index (χ2n) is 6.75. The number of rotatable bonds is 2. The highest BCUT2D eigenvalue weighted by Crippen LogP contribution is 2.45. The number of hydrogen-bond donors (Lipinski definition) is 2. The second kappa shape index (κ2) is 5.87. The highest BCUT2D eigenvalue weighted by atomic mass is 16.3. The van der Waals surface area contributed by atoms with E-state index in [1.54, 1.807) is 0 Å². The SMILES string of the molecule is O[C@H]1CCCC[C@@H]1C1(O)CCC(c2ccccc2)CC1. The largest absolute Gasteiger partial charge is 0.393 e. The summed E-state index contributed by atoms with van der Waals surface area (Å²) in [6.45, 7) is 0. The van der Waals surface area contributed by atoms with Crippen LogP contribution in [0.2, 0.25) is 0 Å². The van der Waals surface area contributed by atoms with Gasteiger partial charge in [-0.15, -0.1) is 0 Å². The van der Waals surface area contributed by atoms with Crippen molar-refractivity contribution < 1.29 is 10.2 Å². The lowest BCUT2D eigenvalue weighted by molar-refractivity contribution is -0.109. The minimum Gasteiger partial charge on any atom is -0.393 e. The van der Waals surface area contributed by atoms with Crippen LogP contribution < -0.4 is 0 Å². The summed E-state index contributed by atoms with van der Waals surface area (Å²) in [6, 6.07) is 10.7. The van der Waals surface area contributed by atoms with Crippen molar-refractivity contribution in [2.75, 3.05) is 0 Å². The molecule has 2 aliphatic rings. The maximum atomic E-state index is 11.0. The molecule has 0 amide bonds. The van der Waals surface area contributed by atoms with Crippen molar-refractivity contribution in [2.45, 2.75) is 69.0 Å². The second-order valence-corrected chi connectivity index (χ2v) is 6.75. The Morgan fingerprint density at radius 1 is 0.900 bits per heavy atom. The summed E-state index contributed by atoms with van der Waals surface area (Å²) < 4.78 is 0. The monoisotopic (exact) mass is 274 g/mol. The predicted octanol–water partition coefficient (Wildman–Crippen LogP) is 3.63. The van der Waals surface area contributed by atoms with Gasteiger partial charge in [-0.3, -0.25) is 0 Å². The van der Waals surface area contributed by atoms with Gasteiger partial charge in [0.2, 0.25) is 0 Å². The molecular formula is C18H26O2. The number of benzene rings is 1. The molecule has 0 radical (unpaired) electrons. The van der Waals surface area contributed by atoms with Gasteiger partial charge in [0.05, 0.1) is 11.7 Å². The summed E-state index contributed by atoms with van der Waals surface area (Å²) in [7, 11) is 0. The zero-order valence-corrected chi connectivity index (χ0v) is 12.2. The number of hydrogen-bond acceptors (Lipinski definition) is 2. The fraction of sp³-hybridized carbons (Fsp3) is 0.667. The summed E-state index contributed by atoms with van der Waals surface area (Å²) in [6.07, 6.45) is 7.62. The van der Waals surface area contributed by atoms with Crippen molar-refractivity contribution in [2.24, 2.45) is 5.92 Å². The van der Waals surface area contributed by atoms with E-state index in [4.69, 9.17) is 0 Å². The Bertz CT molecular complexity index is 420. The van der Waals surface area contributed by atoms with Crippen LogP contribution in [0.25, 0.3) is 0 Å². The molecule has 0 spiro atoms. The fourth-order valence-electron chi connectivity index (χ4n) is 4.29. The maximum absolute atomic E-state index is 11.0. The summed E-state index contributed by atoms with van der Waals surface area (Å²) in [5.74, 6) is 0.685. The van der Waals surface area contributed by atoms with Crippen LogP contribution in [0.1, 0.15) is 62.8 Å². The van der Waals surface area contributed by atoms with Gasteiger partial charge in [0.15, 0.2) is 0 Å². The lowest BCUT2D eigenvalue weighted by Gasteiger charge is -2.45. The molecular weight excluding hydrogens is 248 g/mol. The molecule has 0 heterocycles. The summed E-state index contributed by atoms with van der Waals surface area (Å²) in [4.78, 5) is 0. The standard InChI is InChI=1S/C18H26O2/c19-17-9-5-4-8-16(17)18(20)12-10-15(11-13-18)14-6-2-1-3-7-14/h1-3,6-7,15-17,19-20H,4-5,8-13H2/t15?,16-,17-,18?/m0/s1. The molecule has 0 bridgehead atoms. The maximum Gasteiger partial charge on any atom is 0.0700 e. The molecule has 110 valence electrons. The van der Waals surface area contributed by atoms with Gasteiger partial charge < -0.3 is 10.2 Å². The molecule has 2 atom stereocenters. The molecule has 2 heteroatoms. The average Bonchev–Trinajstić information content (AvgIpc) is 2.49. The first-order valence-electron chi connectivity index (χ1n) is 8.14. The van der Waals surface area contributed by atoms with Crippen molar-refractivity contribution in [3.8, 4) is 0 Å². The first-order chi connectivity index (χ1) is 9.69. The number of aliphatic hydroxyl groups excluding tert-OH is 1. The van der Waals surface area contributed by atoms with Crippen LogP contribution in [0.4, 0.5) is 0 Å². The molecule has 2 nitrogen and oxygen atoms in total. The van der Waals surface area contributed by atoms with E-state index in [2.05, 4.69) is 30.3 Å². The summed E-state index contributed by atoms with van der Waals surface area (Å²) in [5.41, 5.74) is 0.782. The number of aliphatic hydroxyl groups is 2. The minimum atomic E-state index is -0.620. The van der Waals surface area contributed by atoms with Gasteiger partial charge in [0, 0.05) is 5.92 Å². The highest BCUT2D eigenvalue weighted by molar-refractivity contribution is 5.20. The van der Waals surface area contributed by atoms with Crippen LogP contribution in [0, 0.1) is 5.92 Å². The highest BCUT2D eigenvalue weighted by Gasteiger charge is 2.44. The molecule has 20 heavy (non-hydrogen) atoms. The van der Waals surface area contributed by atoms with Crippen molar-refractivity contribution >= 4 is 0 Å². The Balaban J connectivity index is 1.65. The Kier molecular flexibility index (Phi) is 4.13. The first kappa shape index (κ1) is 14.1. The normalized spacial score (nSPS) is 38.6. The molecule has 1 aromatic rings. The molecule has 0 aromatic heterocycles. The average molecular weight is 274 g/mol. The zero-order valence-electron chi connectivity index (χ0n) is 12.2. The summed E-state index contributed by atoms with van der Waals surface area (Å²) >= 11 is 0. The van der Waals surface area contributed by atoms with Crippen LogP contribution in [0.15, 0.2) is 30.3 Å². The molecule has 3 rings (SSSR count). The Hall–Kier alpha value is -0.860. The molecule has 0 saturated heterocycles. The van der Waals surface area contributed by atoms with E-state index >= 15 is 0 Å². The van der Waals surface area contributed by atoms with Gasteiger partial charge in [-0.1, -0.05) is 43.2 Å². The smallest absolute Gasteiger partial charge is 0.0700 e. The van der Waals surface area contributed by atoms with Crippen LogP contribution in [0.5, 0.6) is 0 Å².